The number of nitro benzene ring substituents is 1. The fourth-order valence-corrected chi connectivity index (χ4v) is 1.93. The lowest BCUT2D eigenvalue weighted by molar-refractivity contribution is -0.384. The van der Waals surface area contributed by atoms with Gasteiger partial charge in [0.15, 0.2) is 6.61 Å². The van der Waals surface area contributed by atoms with E-state index >= 15 is 0 Å². The maximum absolute atomic E-state index is 11.8. The predicted molar refractivity (Wildman–Crippen MR) is 88.2 cm³/mol. The average Bonchev–Trinajstić information content (AvgIpc) is 2.64. The van der Waals surface area contributed by atoms with Crippen molar-refractivity contribution in [3.8, 4) is 5.75 Å². The van der Waals surface area contributed by atoms with Gasteiger partial charge in [0, 0.05) is 18.7 Å². The van der Waals surface area contributed by atoms with Crippen molar-refractivity contribution in [2.45, 2.75) is 6.54 Å². The van der Waals surface area contributed by atoms with Crippen LogP contribution >= 0.6 is 0 Å². The third kappa shape index (κ3) is 5.31. The van der Waals surface area contributed by atoms with Crippen LogP contribution in [0.25, 0.3) is 0 Å². The Kier molecular flexibility index (Phi) is 6.05. The number of hydrogen-bond donors (Lipinski definition) is 1. The van der Waals surface area contributed by atoms with Gasteiger partial charge in [-0.25, -0.2) is 4.79 Å². The van der Waals surface area contributed by atoms with E-state index in [0.29, 0.717) is 5.75 Å². The first-order valence-electron chi connectivity index (χ1n) is 7.31. The zero-order valence-corrected chi connectivity index (χ0v) is 13.4. The fraction of sp³-hybridized carbons (Fsp3) is 0.176. The van der Waals surface area contributed by atoms with Gasteiger partial charge in [-0.1, -0.05) is 12.1 Å². The molecule has 2 aromatic carbocycles. The topological polar surface area (TPSA) is 108 Å². The van der Waals surface area contributed by atoms with E-state index in [2.05, 4.69) is 5.32 Å². The first kappa shape index (κ1) is 17.9. The van der Waals surface area contributed by atoms with Crippen LogP contribution < -0.4 is 10.1 Å². The second-order valence-corrected chi connectivity index (χ2v) is 5.00. The van der Waals surface area contributed by atoms with Crippen molar-refractivity contribution >= 4 is 17.6 Å². The van der Waals surface area contributed by atoms with Crippen molar-refractivity contribution in [2.75, 3.05) is 13.7 Å². The van der Waals surface area contributed by atoms with E-state index in [-0.39, 0.29) is 17.8 Å². The molecule has 0 spiro atoms. The van der Waals surface area contributed by atoms with E-state index in [4.69, 9.17) is 9.47 Å². The molecule has 1 N–H and O–H groups in total. The van der Waals surface area contributed by atoms with E-state index < -0.39 is 23.4 Å². The number of esters is 1. The molecule has 0 aliphatic carbocycles. The molecule has 0 fully saturated rings. The Bertz CT molecular complexity index is 756. The summed E-state index contributed by atoms with van der Waals surface area (Å²) in [7, 11) is 1.57. The molecule has 8 heteroatoms. The molecular weight excluding hydrogens is 328 g/mol. The highest BCUT2D eigenvalue weighted by Gasteiger charge is 2.12. The van der Waals surface area contributed by atoms with E-state index in [1.807, 2.05) is 12.1 Å². The number of carbonyl (C=O) groups excluding carboxylic acids is 2. The summed E-state index contributed by atoms with van der Waals surface area (Å²) in [6.07, 6.45) is 0. The average molecular weight is 344 g/mol. The summed E-state index contributed by atoms with van der Waals surface area (Å²) < 4.78 is 9.91. The van der Waals surface area contributed by atoms with Gasteiger partial charge in [-0.3, -0.25) is 14.9 Å². The molecule has 0 aromatic heterocycles. The van der Waals surface area contributed by atoms with Crippen LogP contribution in [0.5, 0.6) is 5.75 Å². The number of carbonyl (C=O) groups is 2. The molecule has 2 aromatic rings. The van der Waals surface area contributed by atoms with Crippen molar-refractivity contribution in [2.24, 2.45) is 0 Å². The molecule has 0 aliphatic heterocycles. The van der Waals surface area contributed by atoms with Crippen LogP contribution in [0.15, 0.2) is 48.5 Å². The molecule has 0 radical (unpaired) electrons. The SMILES string of the molecule is COc1ccc(CNC(=O)COC(=O)c2ccc([N+](=O)[O-])cc2)cc1. The monoisotopic (exact) mass is 344 g/mol. The summed E-state index contributed by atoms with van der Waals surface area (Å²) in [6.45, 7) is -0.149. The minimum Gasteiger partial charge on any atom is -0.497 e. The molecular formula is C17H16N2O6. The summed E-state index contributed by atoms with van der Waals surface area (Å²) in [5, 5.41) is 13.2. The quantitative estimate of drug-likeness (QED) is 0.468. The summed E-state index contributed by atoms with van der Waals surface area (Å²) in [4.78, 5) is 33.5. The molecule has 0 bridgehead atoms. The lowest BCUT2D eigenvalue weighted by Crippen LogP contribution is -2.28. The van der Waals surface area contributed by atoms with Crippen LogP contribution in [-0.4, -0.2) is 30.5 Å². The Morgan fingerprint density at radius 2 is 1.72 bits per heavy atom. The number of amides is 1. The van der Waals surface area contributed by atoms with E-state index in [1.165, 1.54) is 24.3 Å². The van der Waals surface area contributed by atoms with Gasteiger partial charge in [0.25, 0.3) is 11.6 Å². The predicted octanol–water partition coefficient (Wildman–Crippen LogP) is 2.08. The Morgan fingerprint density at radius 1 is 1.08 bits per heavy atom. The van der Waals surface area contributed by atoms with E-state index in [0.717, 1.165) is 5.56 Å². The maximum Gasteiger partial charge on any atom is 0.338 e. The van der Waals surface area contributed by atoms with Crippen molar-refractivity contribution < 1.29 is 24.0 Å². The minimum absolute atomic E-state index is 0.131. The molecule has 0 saturated heterocycles. The maximum atomic E-state index is 11.8. The van der Waals surface area contributed by atoms with E-state index in [1.54, 1.807) is 19.2 Å². The van der Waals surface area contributed by atoms with Crippen LogP contribution in [-0.2, 0) is 16.1 Å². The number of benzene rings is 2. The van der Waals surface area contributed by atoms with Gasteiger partial charge in [0.2, 0.25) is 0 Å². The molecule has 0 saturated carbocycles. The number of nitrogens with zero attached hydrogens (tertiary/aromatic N) is 1. The van der Waals surface area contributed by atoms with Crippen LogP contribution in [0.1, 0.15) is 15.9 Å². The largest absolute Gasteiger partial charge is 0.497 e. The van der Waals surface area contributed by atoms with Gasteiger partial charge in [-0.2, -0.15) is 0 Å². The van der Waals surface area contributed by atoms with Crippen LogP contribution in [0.3, 0.4) is 0 Å². The number of nitro groups is 1. The van der Waals surface area contributed by atoms with Gasteiger partial charge in [-0.15, -0.1) is 0 Å². The fourth-order valence-electron chi connectivity index (χ4n) is 1.93. The number of non-ortho nitro benzene ring substituents is 1. The Morgan fingerprint density at radius 3 is 2.28 bits per heavy atom. The number of methoxy groups -OCH3 is 1. The van der Waals surface area contributed by atoms with Crippen molar-refractivity contribution in [3.05, 3.63) is 69.8 Å². The number of ether oxygens (including phenoxy) is 2. The van der Waals surface area contributed by atoms with Crippen molar-refractivity contribution in [1.82, 2.24) is 5.32 Å². The zero-order valence-electron chi connectivity index (χ0n) is 13.4. The Balaban J connectivity index is 1.78. The van der Waals surface area contributed by atoms with Crippen LogP contribution in [0.2, 0.25) is 0 Å². The molecule has 0 aliphatic rings. The highest BCUT2D eigenvalue weighted by molar-refractivity contribution is 5.91. The molecule has 8 nitrogen and oxygen atoms in total. The molecule has 2 rings (SSSR count). The smallest absolute Gasteiger partial charge is 0.338 e. The third-order valence-electron chi connectivity index (χ3n) is 3.30. The molecule has 0 heterocycles. The summed E-state index contributed by atoms with van der Waals surface area (Å²) in [5.74, 6) is -0.465. The van der Waals surface area contributed by atoms with E-state index in [9.17, 15) is 19.7 Å². The number of nitrogens with one attached hydrogen (secondary N) is 1. The van der Waals surface area contributed by atoms with Crippen molar-refractivity contribution in [1.29, 1.82) is 0 Å². The highest BCUT2D eigenvalue weighted by atomic mass is 16.6. The standard InChI is InChI=1S/C17H16N2O6/c1-24-15-8-2-12(3-9-15)10-18-16(20)11-25-17(21)13-4-6-14(7-5-13)19(22)23/h2-9H,10-11H2,1H3,(H,18,20). The van der Waals surface area contributed by atoms with Gasteiger partial charge >= 0.3 is 5.97 Å². The Labute approximate surface area is 143 Å². The number of rotatable bonds is 7. The van der Waals surface area contributed by atoms with Gasteiger partial charge in [-0.05, 0) is 29.8 Å². The normalized spacial score (nSPS) is 9.96. The minimum atomic E-state index is -0.727. The Hall–Kier alpha value is -3.42. The van der Waals surface area contributed by atoms with Crippen molar-refractivity contribution in [3.63, 3.8) is 0 Å². The van der Waals surface area contributed by atoms with Crippen LogP contribution in [0, 0.1) is 10.1 Å². The first-order chi connectivity index (χ1) is 12.0. The van der Waals surface area contributed by atoms with Gasteiger partial charge in [0.05, 0.1) is 17.6 Å². The molecule has 0 atom stereocenters. The molecule has 1 amide bonds. The second kappa shape index (κ2) is 8.44. The summed E-state index contributed by atoms with van der Waals surface area (Å²) >= 11 is 0. The molecule has 130 valence electrons. The zero-order chi connectivity index (χ0) is 18.2. The van der Waals surface area contributed by atoms with Crippen LogP contribution in [0.4, 0.5) is 5.69 Å². The first-order valence-corrected chi connectivity index (χ1v) is 7.31. The van der Waals surface area contributed by atoms with Gasteiger partial charge in [0.1, 0.15) is 5.75 Å². The molecule has 25 heavy (non-hydrogen) atoms. The summed E-state index contributed by atoms with van der Waals surface area (Å²) in [5.41, 5.74) is 0.873. The summed E-state index contributed by atoms with van der Waals surface area (Å²) in [6, 6.07) is 12.1. The lowest BCUT2D eigenvalue weighted by Gasteiger charge is -2.07. The lowest BCUT2D eigenvalue weighted by atomic mass is 10.2. The van der Waals surface area contributed by atoms with Gasteiger partial charge < -0.3 is 14.8 Å². The highest BCUT2D eigenvalue weighted by Crippen LogP contribution is 2.13. The third-order valence-corrected chi connectivity index (χ3v) is 3.30. The number of hydrogen-bond acceptors (Lipinski definition) is 6. The molecule has 0 unspecified atom stereocenters. The second-order valence-electron chi connectivity index (χ2n) is 5.00.